The predicted molar refractivity (Wildman–Crippen MR) is 173 cm³/mol. The topological polar surface area (TPSA) is 66.8 Å². The van der Waals surface area contributed by atoms with Crippen molar-refractivity contribution in [3.63, 3.8) is 0 Å². The molecule has 0 radical (unpaired) electrons. The lowest BCUT2D eigenvalue weighted by molar-refractivity contribution is -0.210. The van der Waals surface area contributed by atoms with Crippen LogP contribution in [0.5, 0.6) is 11.5 Å². The summed E-state index contributed by atoms with van der Waals surface area (Å²) < 4.78 is 6.18. The van der Waals surface area contributed by atoms with Crippen LogP contribution in [0.4, 0.5) is 0 Å². The first-order chi connectivity index (χ1) is 20.0. The molecule has 8 atom stereocenters. The van der Waals surface area contributed by atoms with Gasteiger partial charge in [0.15, 0.2) is 11.5 Å². The van der Waals surface area contributed by atoms with Gasteiger partial charge in [0.25, 0.3) is 0 Å². The van der Waals surface area contributed by atoms with Gasteiger partial charge in [-0.1, -0.05) is 73.1 Å². The second-order valence-electron chi connectivity index (χ2n) is 17.7. The number of esters is 1. The van der Waals surface area contributed by atoms with Crippen LogP contribution in [-0.2, 0) is 9.53 Å². The molecule has 0 bridgehead atoms. The fourth-order valence-electron chi connectivity index (χ4n) is 11.7. The summed E-state index contributed by atoms with van der Waals surface area (Å²) in [6.45, 7) is 20.2. The van der Waals surface area contributed by atoms with Crippen LogP contribution in [0.25, 0.3) is 6.08 Å². The normalized spacial score (nSPS) is 43.0. The van der Waals surface area contributed by atoms with Gasteiger partial charge < -0.3 is 14.9 Å². The number of carbonyl (C=O) groups excluding carboxylic acids is 1. The molecule has 6 rings (SSSR count). The number of aromatic hydroxyl groups is 2. The van der Waals surface area contributed by atoms with Crippen LogP contribution >= 0.6 is 0 Å². The molecule has 2 N–H and O–H groups in total. The molecular formula is C39H56O4. The first kappa shape index (κ1) is 30.8. The van der Waals surface area contributed by atoms with Gasteiger partial charge in [-0.15, -0.1) is 0 Å². The summed E-state index contributed by atoms with van der Waals surface area (Å²) in [6, 6.07) is 4.54. The molecule has 4 heteroatoms. The van der Waals surface area contributed by atoms with Gasteiger partial charge in [0.1, 0.15) is 6.10 Å². The number of carbonyl (C=O) groups is 1. The minimum atomic E-state index is -0.340. The number of rotatable bonds is 3. The van der Waals surface area contributed by atoms with Crippen molar-refractivity contribution in [2.75, 3.05) is 0 Å². The second kappa shape index (κ2) is 9.88. The summed E-state index contributed by atoms with van der Waals surface area (Å²) in [7, 11) is 0. The van der Waals surface area contributed by atoms with E-state index >= 15 is 0 Å². The second-order valence-corrected chi connectivity index (χ2v) is 17.7. The molecule has 0 spiro atoms. The highest BCUT2D eigenvalue weighted by Gasteiger charge is 2.68. The zero-order chi connectivity index (χ0) is 31.2. The molecule has 5 aliphatic rings. The zero-order valence-corrected chi connectivity index (χ0v) is 28.1. The van der Waals surface area contributed by atoms with Crippen molar-refractivity contribution in [3.8, 4) is 11.5 Å². The standard InChI is InChI=1S/C39H56O4/c1-34(2)19-20-36(5)21-22-38(7)26(27(36)24-34)11-13-31-37(6)17-16-32(35(3,4)30(37)15-18-39(31,38)8)43-33(42)14-10-25-9-12-28(40)29(41)23-25/h9-12,14,23,27,30-32,40-41H,13,15-22,24H2,1-8H3/b14-10+/t27-,30-,31+,32-,36?,37-,38+,39+/m0/s1. The SMILES string of the molecule is CC1(C)CCC2(C)CC[C@]3(C)C(=CC[C@@H]4[C@@]5(C)CC[C@H](OC(=O)/C=C/c6ccc(O)c(O)c6)C(C)(C)[C@@H]5CC[C@]43C)[C@@H]2C1. The van der Waals surface area contributed by atoms with E-state index < -0.39 is 0 Å². The van der Waals surface area contributed by atoms with Gasteiger partial charge in [-0.05, 0) is 133 Å². The quantitative estimate of drug-likeness (QED) is 0.160. The lowest BCUT2D eigenvalue weighted by atomic mass is 9.33. The largest absolute Gasteiger partial charge is 0.504 e. The number of hydrogen-bond donors (Lipinski definition) is 2. The summed E-state index contributed by atoms with van der Waals surface area (Å²) in [6.07, 6.45) is 18.2. The van der Waals surface area contributed by atoms with E-state index in [4.69, 9.17) is 4.74 Å². The number of phenols is 2. The summed E-state index contributed by atoms with van der Waals surface area (Å²) in [4.78, 5) is 13.0. The Kier molecular flexibility index (Phi) is 7.08. The average Bonchev–Trinajstić information content (AvgIpc) is 2.92. The molecule has 0 heterocycles. The Morgan fingerprint density at radius 2 is 1.58 bits per heavy atom. The molecule has 236 valence electrons. The maximum atomic E-state index is 13.0. The van der Waals surface area contributed by atoms with Gasteiger partial charge in [0.2, 0.25) is 0 Å². The Morgan fingerprint density at radius 1 is 0.860 bits per heavy atom. The molecule has 0 saturated heterocycles. The Bertz CT molecular complexity index is 1350. The van der Waals surface area contributed by atoms with Crippen molar-refractivity contribution >= 4 is 12.0 Å². The van der Waals surface area contributed by atoms with Crippen molar-refractivity contribution in [3.05, 3.63) is 41.5 Å². The molecule has 4 saturated carbocycles. The molecule has 0 aromatic heterocycles. The molecular weight excluding hydrogens is 532 g/mol. The minimum absolute atomic E-state index is 0.113. The van der Waals surface area contributed by atoms with Gasteiger partial charge in [-0.25, -0.2) is 4.79 Å². The van der Waals surface area contributed by atoms with Crippen LogP contribution in [0.15, 0.2) is 35.9 Å². The van der Waals surface area contributed by atoms with E-state index in [2.05, 4.69) is 61.5 Å². The lowest BCUT2D eigenvalue weighted by Crippen LogP contribution is -2.64. The lowest BCUT2D eigenvalue weighted by Gasteiger charge is -2.71. The molecule has 0 amide bonds. The summed E-state index contributed by atoms with van der Waals surface area (Å²) in [5.41, 5.74) is 4.04. The first-order valence-electron chi connectivity index (χ1n) is 17.1. The van der Waals surface area contributed by atoms with Crippen molar-refractivity contribution < 1.29 is 19.7 Å². The molecule has 1 aromatic rings. The monoisotopic (exact) mass is 588 g/mol. The average molecular weight is 589 g/mol. The molecule has 43 heavy (non-hydrogen) atoms. The smallest absolute Gasteiger partial charge is 0.331 e. The molecule has 4 fully saturated rings. The maximum absolute atomic E-state index is 13.0. The molecule has 4 nitrogen and oxygen atoms in total. The number of fused-ring (bicyclic) bond motifs is 7. The van der Waals surface area contributed by atoms with Crippen LogP contribution in [0.3, 0.4) is 0 Å². The van der Waals surface area contributed by atoms with Crippen LogP contribution in [0, 0.1) is 50.2 Å². The molecule has 5 aliphatic carbocycles. The van der Waals surface area contributed by atoms with Gasteiger partial charge in [0, 0.05) is 11.5 Å². The summed E-state index contributed by atoms with van der Waals surface area (Å²) in [5.74, 6) is 1.16. The van der Waals surface area contributed by atoms with Crippen LogP contribution < -0.4 is 0 Å². The Labute approximate surface area is 260 Å². The molecule has 1 unspecified atom stereocenters. The van der Waals surface area contributed by atoms with Gasteiger partial charge >= 0.3 is 5.97 Å². The van der Waals surface area contributed by atoms with E-state index in [1.807, 2.05) is 5.57 Å². The third kappa shape index (κ3) is 4.62. The van der Waals surface area contributed by atoms with E-state index in [1.54, 1.807) is 12.1 Å². The highest BCUT2D eigenvalue weighted by atomic mass is 16.5. The van der Waals surface area contributed by atoms with E-state index in [1.165, 1.54) is 69.6 Å². The van der Waals surface area contributed by atoms with Gasteiger partial charge in [-0.3, -0.25) is 0 Å². The number of allylic oxidation sites excluding steroid dienone is 2. The molecule has 1 aromatic carbocycles. The third-order valence-corrected chi connectivity index (χ3v) is 14.7. The fourth-order valence-corrected chi connectivity index (χ4v) is 11.7. The van der Waals surface area contributed by atoms with E-state index in [0.29, 0.717) is 33.6 Å². The Morgan fingerprint density at radius 3 is 2.30 bits per heavy atom. The highest BCUT2D eigenvalue weighted by Crippen LogP contribution is 2.75. The van der Waals surface area contributed by atoms with Crippen molar-refractivity contribution in [2.24, 2.45) is 50.2 Å². The fraction of sp³-hybridized carbons (Fsp3) is 0.718. The predicted octanol–water partition coefficient (Wildman–Crippen LogP) is 9.84. The number of phenolic OH excluding ortho intramolecular Hbond substituents is 2. The highest BCUT2D eigenvalue weighted by molar-refractivity contribution is 5.87. The third-order valence-electron chi connectivity index (χ3n) is 14.7. The summed E-state index contributed by atoms with van der Waals surface area (Å²) in [5, 5.41) is 19.4. The van der Waals surface area contributed by atoms with E-state index in [0.717, 1.165) is 18.8 Å². The van der Waals surface area contributed by atoms with Gasteiger partial charge in [-0.2, -0.15) is 0 Å². The number of ether oxygens (including phenoxy) is 1. The van der Waals surface area contributed by atoms with E-state index in [-0.39, 0.29) is 39.8 Å². The van der Waals surface area contributed by atoms with Crippen molar-refractivity contribution in [1.82, 2.24) is 0 Å². The van der Waals surface area contributed by atoms with Crippen LogP contribution in [-0.4, -0.2) is 22.3 Å². The Balaban J connectivity index is 1.23. The maximum Gasteiger partial charge on any atom is 0.331 e. The number of benzene rings is 1. The zero-order valence-electron chi connectivity index (χ0n) is 28.1. The first-order valence-corrected chi connectivity index (χ1v) is 17.1. The van der Waals surface area contributed by atoms with E-state index in [9.17, 15) is 15.0 Å². The van der Waals surface area contributed by atoms with Crippen LogP contribution in [0.2, 0.25) is 0 Å². The van der Waals surface area contributed by atoms with Crippen molar-refractivity contribution in [1.29, 1.82) is 0 Å². The van der Waals surface area contributed by atoms with Crippen LogP contribution in [0.1, 0.15) is 125 Å². The van der Waals surface area contributed by atoms with Crippen molar-refractivity contribution in [2.45, 2.75) is 126 Å². The Hall–Kier alpha value is -2.23. The summed E-state index contributed by atoms with van der Waals surface area (Å²) >= 11 is 0. The minimum Gasteiger partial charge on any atom is -0.504 e. The molecule has 0 aliphatic heterocycles. The number of hydrogen-bond acceptors (Lipinski definition) is 4. The van der Waals surface area contributed by atoms with Gasteiger partial charge in [0.05, 0.1) is 0 Å².